The van der Waals surface area contributed by atoms with Crippen LogP contribution in [0, 0.1) is 0 Å². The van der Waals surface area contributed by atoms with Crippen molar-refractivity contribution in [2.24, 2.45) is 0 Å². The third kappa shape index (κ3) is 2.41. The van der Waals surface area contributed by atoms with Crippen molar-refractivity contribution < 1.29 is 14.3 Å². The number of amides is 1. The van der Waals surface area contributed by atoms with E-state index in [-0.39, 0.29) is 11.9 Å². The molecule has 2 N–H and O–H groups in total. The molecule has 96 valence electrons. The Balaban J connectivity index is 1.58. The fourth-order valence-corrected chi connectivity index (χ4v) is 2.30. The quantitative estimate of drug-likeness (QED) is 0.814. The molecular weight excluding hydrogens is 232 g/mol. The lowest BCUT2D eigenvalue weighted by Crippen LogP contribution is -2.52. The van der Waals surface area contributed by atoms with Crippen molar-refractivity contribution >= 4 is 5.91 Å². The van der Waals surface area contributed by atoms with Gasteiger partial charge >= 0.3 is 0 Å². The summed E-state index contributed by atoms with van der Waals surface area (Å²) in [6.07, 6.45) is 1.85. The first-order valence-corrected chi connectivity index (χ1v) is 6.20. The van der Waals surface area contributed by atoms with Gasteiger partial charge < -0.3 is 20.1 Å². The molecule has 3 rings (SSSR count). The fourth-order valence-electron chi connectivity index (χ4n) is 2.30. The monoisotopic (exact) mass is 248 g/mol. The van der Waals surface area contributed by atoms with E-state index in [1.165, 1.54) is 5.56 Å². The van der Waals surface area contributed by atoms with E-state index in [4.69, 9.17) is 9.47 Å². The van der Waals surface area contributed by atoms with Crippen molar-refractivity contribution in [1.29, 1.82) is 0 Å². The topological polar surface area (TPSA) is 59.6 Å². The molecule has 0 saturated carbocycles. The van der Waals surface area contributed by atoms with E-state index in [0.29, 0.717) is 13.3 Å². The van der Waals surface area contributed by atoms with Gasteiger partial charge in [-0.15, -0.1) is 0 Å². The van der Waals surface area contributed by atoms with Gasteiger partial charge in [0.1, 0.15) is 0 Å². The lowest BCUT2D eigenvalue weighted by Gasteiger charge is -2.24. The highest BCUT2D eigenvalue weighted by Crippen LogP contribution is 2.32. The molecule has 1 amide bonds. The number of rotatable bonds is 3. The Labute approximate surface area is 105 Å². The first kappa shape index (κ1) is 11.3. The summed E-state index contributed by atoms with van der Waals surface area (Å²) in [7, 11) is 0. The molecular formula is C13H16N2O3. The molecule has 0 bridgehead atoms. The van der Waals surface area contributed by atoms with Crippen molar-refractivity contribution in [1.82, 2.24) is 10.6 Å². The van der Waals surface area contributed by atoms with Crippen LogP contribution < -0.4 is 20.1 Å². The maximum absolute atomic E-state index is 11.2. The summed E-state index contributed by atoms with van der Waals surface area (Å²) < 4.78 is 10.6. The molecule has 1 saturated heterocycles. The average molecular weight is 248 g/mol. The molecule has 5 heteroatoms. The predicted molar refractivity (Wildman–Crippen MR) is 65.7 cm³/mol. The summed E-state index contributed by atoms with van der Waals surface area (Å²) in [6.45, 7) is 1.58. The minimum absolute atomic E-state index is 0.0805. The van der Waals surface area contributed by atoms with Gasteiger partial charge in [0.05, 0.1) is 6.54 Å². The van der Waals surface area contributed by atoms with Crippen molar-refractivity contribution in [3.63, 3.8) is 0 Å². The Hall–Kier alpha value is -1.75. The fraction of sp³-hybridized carbons (Fsp3) is 0.462. The number of hydrogen-bond acceptors (Lipinski definition) is 4. The van der Waals surface area contributed by atoms with E-state index in [2.05, 4.69) is 10.6 Å². The van der Waals surface area contributed by atoms with Crippen molar-refractivity contribution in [2.45, 2.75) is 18.9 Å². The molecule has 5 nitrogen and oxygen atoms in total. The summed E-state index contributed by atoms with van der Waals surface area (Å²) in [6, 6.07) is 6.22. The van der Waals surface area contributed by atoms with E-state index in [0.717, 1.165) is 30.9 Å². The zero-order valence-corrected chi connectivity index (χ0v) is 10.1. The number of piperazine rings is 1. The van der Waals surface area contributed by atoms with Crippen LogP contribution in [0.2, 0.25) is 0 Å². The first-order valence-electron chi connectivity index (χ1n) is 6.20. The Morgan fingerprint density at radius 1 is 1.28 bits per heavy atom. The van der Waals surface area contributed by atoms with Gasteiger partial charge in [-0.2, -0.15) is 0 Å². The van der Waals surface area contributed by atoms with Crippen LogP contribution in [-0.4, -0.2) is 31.8 Å². The molecule has 1 aromatic rings. The number of carbonyl (C=O) groups is 1. The Bertz CT molecular complexity index is 462. The maximum atomic E-state index is 11.2. The highest BCUT2D eigenvalue weighted by Gasteiger charge is 2.18. The second-order valence-electron chi connectivity index (χ2n) is 4.62. The summed E-state index contributed by atoms with van der Waals surface area (Å²) in [5.74, 6) is 1.71. The third-order valence-corrected chi connectivity index (χ3v) is 3.26. The van der Waals surface area contributed by atoms with Gasteiger partial charge in [-0.3, -0.25) is 4.79 Å². The minimum Gasteiger partial charge on any atom is -0.454 e. The van der Waals surface area contributed by atoms with Crippen LogP contribution >= 0.6 is 0 Å². The molecule has 1 unspecified atom stereocenters. The number of hydrogen-bond donors (Lipinski definition) is 2. The molecule has 1 aromatic carbocycles. The number of aryl methyl sites for hydroxylation is 1. The normalized spacial score (nSPS) is 21.8. The molecule has 0 aromatic heterocycles. The van der Waals surface area contributed by atoms with E-state index in [9.17, 15) is 4.79 Å². The van der Waals surface area contributed by atoms with Gasteiger partial charge in [-0.25, -0.2) is 0 Å². The second kappa shape index (κ2) is 4.86. The summed E-state index contributed by atoms with van der Waals surface area (Å²) >= 11 is 0. The van der Waals surface area contributed by atoms with Crippen LogP contribution in [0.5, 0.6) is 11.5 Å². The molecule has 18 heavy (non-hydrogen) atoms. The van der Waals surface area contributed by atoms with Gasteiger partial charge in [0, 0.05) is 12.6 Å². The Morgan fingerprint density at radius 3 is 3.06 bits per heavy atom. The predicted octanol–water partition coefficient (Wildman–Crippen LogP) is 0.436. The molecule has 2 aliphatic rings. The smallest absolute Gasteiger partial charge is 0.234 e. The van der Waals surface area contributed by atoms with Gasteiger partial charge in [-0.05, 0) is 30.5 Å². The van der Waals surface area contributed by atoms with Crippen molar-refractivity contribution in [3.8, 4) is 11.5 Å². The number of fused-ring (bicyclic) bond motifs is 1. The van der Waals surface area contributed by atoms with Crippen molar-refractivity contribution in [2.75, 3.05) is 19.9 Å². The SMILES string of the molecule is O=C1CNCC(CCc2ccc3c(c2)OCO3)N1. The lowest BCUT2D eigenvalue weighted by atomic mass is 10.0. The Kier molecular flexibility index (Phi) is 3.06. The van der Waals surface area contributed by atoms with Crippen LogP contribution in [0.4, 0.5) is 0 Å². The lowest BCUT2D eigenvalue weighted by molar-refractivity contribution is -0.122. The minimum atomic E-state index is 0.0805. The summed E-state index contributed by atoms with van der Waals surface area (Å²) in [4.78, 5) is 11.2. The molecule has 0 aliphatic carbocycles. The largest absolute Gasteiger partial charge is 0.454 e. The highest BCUT2D eigenvalue weighted by molar-refractivity contribution is 5.79. The third-order valence-electron chi connectivity index (χ3n) is 3.26. The number of carbonyl (C=O) groups excluding carboxylic acids is 1. The zero-order valence-electron chi connectivity index (χ0n) is 10.1. The van der Waals surface area contributed by atoms with Gasteiger partial charge in [0.15, 0.2) is 11.5 Å². The molecule has 0 spiro atoms. The molecule has 0 radical (unpaired) electrons. The van der Waals surface area contributed by atoms with Crippen molar-refractivity contribution in [3.05, 3.63) is 23.8 Å². The van der Waals surface area contributed by atoms with Crippen LogP contribution in [0.3, 0.4) is 0 Å². The number of nitrogens with one attached hydrogen (secondary N) is 2. The summed E-state index contributed by atoms with van der Waals surface area (Å²) in [5, 5.41) is 6.09. The first-order chi connectivity index (χ1) is 8.81. The number of ether oxygens (including phenoxy) is 2. The summed E-state index contributed by atoms with van der Waals surface area (Å²) in [5.41, 5.74) is 1.21. The maximum Gasteiger partial charge on any atom is 0.234 e. The average Bonchev–Trinajstić information content (AvgIpc) is 2.84. The molecule has 2 heterocycles. The second-order valence-corrected chi connectivity index (χ2v) is 4.62. The van der Waals surface area contributed by atoms with Crippen LogP contribution in [-0.2, 0) is 11.2 Å². The Morgan fingerprint density at radius 2 is 2.17 bits per heavy atom. The van der Waals surface area contributed by atoms with E-state index < -0.39 is 0 Å². The van der Waals surface area contributed by atoms with E-state index in [1.54, 1.807) is 0 Å². The molecule has 1 atom stereocenters. The van der Waals surface area contributed by atoms with E-state index in [1.807, 2.05) is 18.2 Å². The molecule has 2 aliphatic heterocycles. The van der Waals surface area contributed by atoms with Gasteiger partial charge in [0.2, 0.25) is 12.7 Å². The van der Waals surface area contributed by atoms with Gasteiger partial charge in [-0.1, -0.05) is 6.07 Å². The van der Waals surface area contributed by atoms with Crippen LogP contribution in [0.15, 0.2) is 18.2 Å². The zero-order chi connectivity index (χ0) is 12.4. The van der Waals surface area contributed by atoms with Crippen LogP contribution in [0.25, 0.3) is 0 Å². The van der Waals surface area contributed by atoms with E-state index >= 15 is 0 Å². The van der Waals surface area contributed by atoms with Gasteiger partial charge in [0.25, 0.3) is 0 Å². The standard InChI is InChI=1S/C13H16N2O3/c16-13-7-14-6-10(15-13)3-1-9-2-4-11-12(5-9)18-8-17-11/h2,4-5,10,14H,1,3,6-8H2,(H,15,16). The highest BCUT2D eigenvalue weighted by atomic mass is 16.7. The van der Waals surface area contributed by atoms with Crippen LogP contribution in [0.1, 0.15) is 12.0 Å². The number of benzene rings is 1. The molecule has 1 fully saturated rings.